The number of nitrogens with zero attached hydrogens (tertiary/aromatic N) is 4. The Hall–Kier alpha value is -2.34. The van der Waals surface area contributed by atoms with E-state index in [4.69, 9.17) is 4.42 Å². The molecule has 1 unspecified atom stereocenters. The van der Waals surface area contributed by atoms with Crippen molar-refractivity contribution in [2.24, 2.45) is 5.92 Å². The third-order valence-electron chi connectivity index (χ3n) is 5.89. The predicted octanol–water partition coefficient (Wildman–Crippen LogP) is 2.91. The summed E-state index contributed by atoms with van der Waals surface area (Å²) in [6, 6.07) is 9.82. The molecule has 4 rings (SSSR count). The van der Waals surface area contributed by atoms with Crippen molar-refractivity contribution in [2.75, 3.05) is 50.7 Å². The summed E-state index contributed by atoms with van der Waals surface area (Å²) in [4.78, 5) is 24.1. The molecule has 0 saturated carbocycles. The van der Waals surface area contributed by atoms with Crippen molar-refractivity contribution in [1.29, 1.82) is 0 Å². The van der Waals surface area contributed by atoms with Crippen LogP contribution in [0, 0.1) is 5.92 Å². The summed E-state index contributed by atoms with van der Waals surface area (Å²) in [6.45, 7) is 8.91. The van der Waals surface area contributed by atoms with Crippen molar-refractivity contribution >= 4 is 11.7 Å². The van der Waals surface area contributed by atoms with E-state index in [1.807, 2.05) is 42.3 Å². The number of amides is 1. The normalized spacial score (nSPS) is 21.1. The Balaban J connectivity index is 1.28. The Labute approximate surface area is 167 Å². The number of furan rings is 1. The lowest BCUT2D eigenvalue weighted by atomic mass is 9.97. The molecule has 28 heavy (non-hydrogen) atoms. The molecular weight excluding hydrogens is 352 g/mol. The van der Waals surface area contributed by atoms with Gasteiger partial charge in [-0.25, -0.2) is 4.98 Å². The second kappa shape index (κ2) is 8.78. The molecule has 2 aromatic rings. The summed E-state index contributed by atoms with van der Waals surface area (Å²) < 4.78 is 5.67. The fourth-order valence-corrected chi connectivity index (χ4v) is 4.30. The second-order valence-corrected chi connectivity index (χ2v) is 7.85. The zero-order valence-electron chi connectivity index (χ0n) is 16.7. The van der Waals surface area contributed by atoms with Gasteiger partial charge in [0.05, 0.1) is 0 Å². The molecule has 150 valence electrons. The maximum atomic E-state index is 12.8. The Bertz CT molecular complexity index is 768. The van der Waals surface area contributed by atoms with E-state index in [0.717, 1.165) is 70.2 Å². The first kappa shape index (κ1) is 19.0. The van der Waals surface area contributed by atoms with Gasteiger partial charge in [0.15, 0.2) is 5.76 Å². The van der Waals surface area contributed by atoms with E-state index in [0.29, 0.717) is 11.7 Å². The number of likely N-dealkylation sites (tertiary alicyclic amines) is 1. The van der Waals surface area contributed by atoms with E-state index in [2.05, 4.69) is 20.9 Å². The zero-order chi connectivity index (χ0) is 19.3. The van der Waals surface area contributed by atoms with Crippen LogP contribution in [0.2, 0.25) is 0 Å². The molecular formula is C22H30N4O2. The van der Waals surface area contributed by atoms with Gasteiger partial charge in [-0.15, -0.1) is 0 Å². The van der Waals surface area contributed by atoms with Crippen molar-refractivity contribution in [3.63, 3.8) is 0 Å². The van der Waals surface area contributed by atoms with Crippen molar-refractivity contribution < 1.29 is 9.21 Å². The molecule has 2 saturated heterocycles. The Morgan fingerprint density at radius 1 is 1.14 bits per heavy atom. The monoisotopic (exact) mass is 382 g/mol. The van der Waals surface area contributed by atoms with Gasteiger partial charge in [-0.2, -0.15) is 0 Å². The van der Waals surface area contributed by atoms with Gasteiger partial charge < -0.3 is 14.2 Å². The number of aryl methyl sites for hydroxylation is 1. The summed E-state index contributed by atoms with van der Waals surface area (Å²) >= 11 is 0. The van der Waals surface area contributed by atoms with Crippen molar-refractivity contribution in [1.82, 2.24) is 14.8 Å². The summed E-state index contributed by atoms with van der Waals surface area (Å²) in [6.07, 6.45) is 4.95. The van der Waals surface area contributed by atoms with Crippen LogP contribution >= 0.6 is 0 Å². The molecule has 1 atom stereocenters. The molecule has 2 fully saturated rings. The quantitative estimate of drug-likeness (QED) is 0.796. The van der Waals surface area contributed by atoms with E-state index in [1.165, 1.54) is 6.42 Å². The van der Waals surface area contributed by atoms with Crippen molar-refractivity contribution in [3.05, 3.63) is 48.0 Å². The number of piperidine rings is 1. The van der Waals surface area contributed by atoms with Gasteiger partial charge in [-0.05, 0) is 43.0 Å². The number of aromatic nitrogens is 1. The van der Waals surface area contributed by atoms with E-state index < -0.39 is 0 Å². The molecule has 0 spiro atoms. The van der Waals surface area contributed by atoms with Gasteiger partial charge in [-0.3, -0.25) is 9.69 Å². The van der Waals surface area contributed by atoms with Crippen LogP contribution in [-0.4, -0.2) is 66.5 Å². The number of hydrogen-bond donors (Lipinski definition) is 0. The second-order valence-electron chi connectivity index (χ2n) is 7.85. The highest BCUT2D eigenvalue weighted by Gasteiger charge is 2.28. The van der Waals surface area contributed by atoms with Gasteiger partial charge in [0.25, 0.3) is 5.91 Å². The minimum absolute atomic E-state index is 0.0457. The smallest absolute Gasteiger partial charge is 0.289 e. The van der Waals surface area contributed by atoms with Gasteiger partial charge >= 0.3 is 0 Å². The number of rotatable bonds is 5. The number of piperazine rings is 1. The van der Waals surface area contributed by atoms with Gasteiger partial charge in [-0.1, -0.05) is 13.0 Å². The van der Waals surface area contributed by atoms with E-state index in [-0.39, 0.29) is 5.91 Å². The van der Waals surface area contributed by atoms with Crippen LogP contribution in [0.4, 0.5) is 5.82 Å². The van der Waals surface area contributed by atoms with Crippen LogP contribution < -0.4 is 4.90 Å². The van der Waals surface area contributed by atoms with Crippen LogP contribution in [-0.2, 0) is 6.42 Å². The van der Waals surface area contributed by atoms with Gasteiger partial charge in [0.2, 0.25) is 0 Å². The summed E-state index contributed by atoms with van der Waals surface area (Å²) in [5.41, 5.74) is 0. The summed E-state index contributed by atoms with van der Waals surface area (Å²) in [5.74, 6) is 3.02. The topological polar surface area (TPSA) is 52.8 Å². The van der Waals surface area contributed by atoms with Crippen LogP contribution in [0.5, 0.6) is 0 Å². The number of pyridine rings is 1. The largest absolute Gasteiger partial charge is 0.456 e. The Morgan fingerprint density at radius 3 is 2.71 bits per heavy atom. The fraction of sp³-hybridized carbons (Fsp3) is 0.545. The molecule has 0 N–H and O–H groups in total. The van der Waals surface area contributed by atoms with Crippen molar-refractivity contribution in [3.8, 4) is 0 Å². The molecule has 2 aliphatic heterocycles. The van der Waals surface area contributed by atoms with E-state index >= 15 is 0 Å². The molecule has 2 aliphatic rings. The summed E-state index contributed by atoms with van der Waals surface area (Å²) in [5, 5.41) is 0. The zero-order valence-corrected chi connectivity index (χ0v) is 16.7. The van der Waals surface area contributed by atoms with Gasteiger partial charge in [0.1, 0.15) is 11.6 Å². The van der Waals surface area contributed by atoms with Crippen LogP contribution in [0.3, 0.4) is 0 Å². The highest BCUT2D eigenvalue weighted by Crippen LogP contribution is 2.22. The summed E-state index contributed by atoms with van der Waals surface area (Å²) in [7, 11) is 0. The molecule has 0 aliphatic carbocycles. The molecule has 1 amide bonds. The first-order valence-corrected chi connectivity index (χ1v) is 10.5. The lowest BCUT2D eigenvalue weighted by molar-refractivity contribution is 0.0604. The minimum atomic E-state index is 0.0457. The highest BCUT2D eigenvalue weighted by molar-refractivity contribution is 5.91. The van der Waals surface area contributed by atoms with Crippen LogP contribution in [0.15, 0.2) is 40.9 Å². The minimum Gasteiger partial charge on any atom is -0.456 e. The molecule has 0 bridgehead atoms. The SMILES string of the molecule is CCc1ccc(C(=O)N2CCCC(CN3CCN(c4ccccn4)CC3)C2)o1. The average molecular weight is 383 g/mol. The third kappa shape index (κ3) is 4.38. The van der Waals surface area contributed by atoms with Crippen LogP contribution in [0.1, 0.15) is 36.1 Å². The molecule has 4 heterocycles. The first-order valence-electron chi connectivity index (χ1n) is 10.5. The van der Waals surface area contributed by atoms with E-state index in [1.54, 1.807) is 0 Å². The standard InChI is InChI=1S/C22H30N4O2/c1-2-19-8-9-20(28-19)22(27)26-11-5-6-18(17-26)16-24-12-14-25(15-13-24)21-7-3-4-10-23-21/h3-4,7-10,18H,2,5-6,11-17H2,1H3. The lowest BCUT2D eigenvalue weighted by Crippen LogP contribution is -2.50. The number of carbonyl (C=O) groups is 1. The molecule has 0 aromatic carbocycles. The van der Waals surface area contributed by atoms with E-state index in [9.17, 15) is 4.79 Å². The molecule has 6 nitrogen and oxygen atoms in total. The van der Waals surface area contributed by atoms with Crippen molar-refractivity contribution in [2.45, 2.75) is 26.2 Å². The number of anilines is 1. The first-order chi connectivity index (χ1) is 13.7. The predicted molar refractivity (Wildman–Crippen MR) is 110 cm³/mol. The maximum absolute atomic E-state index is 12.8. The van der Waals surface area contributed by atoms with Gasteiger partial charge in [0, 0.05) is 58.4 Å². The average Bonchev–Trinajstić information content (AvgIpc) is 3.24. The van der Waals surface area contributed by atoms with Crippen LogP contribution in [0.25, 0.3) is 0 Å². The lowest BCUT2D eigenvalue weighted by Gasteiger charge is -2.39. The Kier molecular flexibility index (Phi) is 5.95. The maximum Gasteiger partial charge on any atom is 0.289 e. The number of hydrogen-bond acceptors (Lipinski definition) is 5. The fourth-order valence-electron chi connectivity index (χ4n) is 4.30. The highest BCUT2D eigenvalue weighted by atomic mass is 16.4. The molecule has 2 aromatic heterocycles. The Morgan fingerprint density at radius 2 is 2.00 bits per heavy atom. The molecule has 6 heteroatoms. The number of carbonyl (C=O) groups excluding carboxylic acids is 1. The molecule has 0 radical (unpaired) electrons. The third-order valence-corrected chi connectivity index (χ3v) is 5.89.